The average Bonchev–Trinajstić information content (AvgIpc) is 2.34. The topological polar surface area (TPSA) is 32.3 Å². The standard InChI is InChI=1S/C13H16BrFN2O/c1-9-4-6-17(7-5-9)13(18)16-12-8-10(14)2-3-11(12)15/h2-3,8-9H,4-7H2,1H3,(H,16,18). The van der Waals surface area contributed by atoms with Crippen LogP contribution in [0.25, 0.3) is 0 Å². The summed E-state index contributed by atoms with van der Waals surface area (Å²) in [6.45, 7) is 3.66. The normalized spacial score (nSPS) is 16.7. The molecule has 0 unspecified atom stereocenters. The number of amides is 2. The highest BCUT2D eigenvalue weighted by atomic mass is 79.9. The van der Waals surface area contributed by atoms with E-state index in [0.29, 0.717) is 5.92 Å². The summed E-state index contributed by atoms with van der Waals surface area (Å²) < 4.78 is 14.2. The zero-order valence-electron chi connectivity index (χ0n) is 10.2. The highest BCUT2D eigenvalue weighted by molar-refractivity contribution is 9.10. The molecule has 1 fully saturated rings. The van der Waals surface area contributed by atoms with Gasteiger partial charge in [0.2, 0.25) is 0 Å². The Balaban J connectivity index is 2.00. The second kappa shape index (κ2) is 5.69. The Bertz CT molecular complexity index is 445. The number of hydrogen-bond acceptors (Lipinski definition) is 1. The number of hydrogen-bond donors (Lipinski definition) is 1. The number of piperidine rings is 1. The van der Waals surface area contributed by atoms with E-state index >= 15 is 0 Å². The molecule has 1 aromatic carbocycles. The van der Waals surface area contributed by atoms with E-state index < -0.39 is 5.82 Å². The molecule has 0 aromatic heterocycles. The van der Waals surface area contributed by atoms with Gasteiger partial charge in [-0.1, -0.05) is 22.9 Å². The summed E-state index contributed by atoms with van der Waals surface area (Å²) in [5.41, 5.74) is 0.216. The first-order valence-electron chi connectivity index (χ1n) is 6.07. The van der Waals surface area contributed by atoms with E-state index in [4.69, 9.17) is 0 Å². The van der Waals surface area contributed by atoms with Crippen molar-refractivity contribution in [2.45, 2.75) is 19.8 Å². The maximum absolute atomic E-state index is 13.5. The number of urea groups is 1. The minimum absolute atomic E-state index is 0.216. The SMILES string of the molecule is CC1CCN(C(=O)Nc2cc(Br)ccc2F)CC1. The predicted molar refractivity (Wildman–Crippen MR) is 73.1 cm³/mol. The minimum atomic E-state index is -0.420. The van der Waals surface area contributed by atoms with E-state index in [0.717, 1.165) is 30.4 Å². The van der Waals surface area contributed by atoms with Crippen molar-refractivity contribution >= 4 is 27.6 Å². The molecule has 1 aliphatic heterocycles. The molecule has 0 spiro atoms. The Labute approximate surface area is 114 Å². The summed E-state index contributed by atoms with van der Waals surface area (Å²) in [5.74, 6) is 0.244. The third-order valence-corrected chi connectivity index (χ3v) is 3.73. The molecule has 0 atom stereocenters. The highest BCUT2D eigenvalue weighted by Crippen LogP contribution is 2.21. The molecule has 1 saturated heterocycles. The van der Waals surface area contributed by atoms with E-state index in [1.807, 2.05) is 0 Å². The van der Waals surface area contributed by atoms with Crippen LogP contribution in [0.1, 0.15) is 19.8 Å². The van der Waals surface area contributed by atoms with E-state index in [9.17, 15) is 9.18 Å². The van der Waals surface area contributed by atoms with Crippen molar-refractivity contribution in [3.63, 3.8) is 0 Å². The summed E-state index contributed by atoms with van der Waals surface area (Å²) in [4.78, 5) is 13.7. The fraction of sp³-hybridized carbons (Fsp3) is 0.462. The largest absolute Gasteiger partial charge is 0.325 e. The maximum atomic E-state index is 13.5. The Morgan fingerprint density at radius 2 is 2.11 bits per heavy atom. The smallest absolute Gasteiger partial charge is 0.321 e. The number of nitrogens with one attached hydrogen (secondary N) is 1. The lowest BCUT2D eigenvalue weighted by Crippen LogP contribution is -2.40. The minimum Gasteiger partial charge on any atom is -0.325 e. The van der Waals surface area contributed by atoms with Gasteiger partial charge >= 0.3 is 6.03 Å². The molecule has 1 heterocycles. The first kappa shape index (κ1) is 13.3. The first-order valence-corrected chi connectivity index (χ1v) is 6.86. The van der Waals surface area contributed by atoms with E-state index in [2.05, 4.69) is 28.2 Å². The molecular weight excluding hydrogens is 299 g/mol. The number of rotatable bonds is 1. The number of anilines is 1. The second-order valence-corrected chi connectivity index (χ2v) is 5.64. The molecular formula is C13H16BrFN2O. The molecule has 0 bridgehead atoms. The molecule has 1 aliphatic rings. The van der Waals surface area contributed by atoms with Crippen LogP contribution in [-0.2, 0) is 0 Å². The maximum Gasteiger partial charge on any atom is 0.321 e. The Hall–Kier alpha value is -1.10. The molecule has 2 amide bonds. The van der Waals surface area contributed by atoms with Crippen LogP contribution in [-0.4, -0.2) is 24.0 Å². The molecule has 2 rings (SSSR count). The van der Waals surface area contributed by atoms with Gasteiger partial charge in [0, 0.05) is 17.6 Å². The van der Waals surface area contributed by atoms with E-state index in [-0.39, 0.29) is 11.7 Å². The Morgan fingerprint density at radius 3 is 2.78 bits per heavy atom. The number of nitrogens with zero attached hydrogens (tertiary/aromatic N) is 1. The number of halogens is 2. The predicted octanol–water partition coefficient (Wildman–Crippen LogP) is 3.85. The van der Waals surface area contributed by atoms with Gasteiger partial charge in [-0.25, -0.2) is 9.18 Å². The monoisotopic (exact) mass is 314 g/mol. The van der Waals surface area contributed by atoms with Crippen molar-refractivity contribution in [2.24, 2.45) is 5.92 Å². The summed E-state index contributed by atoms with van der Waals surface area (Å²) in [6.07, 6.45) is 2.02. The molecule has 5 heteroatoms. The number of benzene rings is 1. The van der Waals surface area contributed by atoms with Gasteiger partial charge in [0.05, 0.1) is 5.69 Å². The van der Waals surface area contributed by atoms with Crippen LogP contribution in [0.2, 0.25) is 0 Å². The zero-order valence-corrected chi connectivity index (χ0v) is 11.8. The molecule has 18 heavy (non-hydrogen) atoms. The molecule has 0 radical (unpaired) electrons. The molecule has 3 nitrogen and oxygen atoms in total. The van der Waals surface area contributed by atoms with Crippen molar-refractivity contribution in [1.82, 2.24) is 4.90 Å². The van der Waals surface area contributed by atoms with Gasteiger partial charge < -0.3 is 10.2 Å². The third kappa shape index (κ3) is 3.22. The molecule has 1 N–H and O–H groups in total. The van der Waals surface area contributed by atoms with Crippen LogP contribution in [0.4, 0.5) is 14.9 Å². The fourth-order valence-corrected chi connectivity index (χ4v) is 2.36. The van der Waals surface area contributed by atoms with Crippen LogP contribution >= 0.6 is 15.9 Å². The lowest BCUT2D eigenvalue weighted by Gasteiger charge is -2.30. The first-order chi connectivity index (χ1) is 8.56. The third-order valence-electron chi connectivity index (χ3n) is 3.24. The lowest BCUT2D eigenvalue weighted by atomic mass is 10.00. The average molecular weight is 315 g/mol. The van der Waals surface area contributed by atoms with Gasteiger partial charge in [-0.05, 0) is 37.0 Å². The molecule has 0 aliphatic carbocycles. The number of carbonyl (C=O) groups excluding carboxylic acids is 1. The van der Waals surface area contributed by atoms with Crippen LogP contribution < -0.4 is 5.32 Å². The van der Waals surface area contributed by atoms with E-state index in [1.54, 1.807) is 17.0 Å². The summed E-state index contributed by atoms with van der Waals surface area (Å²) in [7, 11) is 0. The summed E-state index contributed by atoms with van der Waals surface area (Å²) >= 11 is 3.26. The van der Waals surface area contributed by atoms with Crippen LogP contribution in [0, 0.1) is 11.7 Å². The van der Waals surface area contributed by atoms with Gasteiger partial charge in [-0.2, -0.15) is 0 Å². The Morgan fingerprint density at radius 1 is 1.44 bits per heavy atom. The summed E-state index contributed by atoms with van der Waals surface area (Å²) in [6, 6.07) is 4.28. The second-order valence-electron chi connectivity index (χ2n) is 4.72. The van der Waals surface area contributed by atoms with Crippen LogP contribution in [0.3, 0.4) is 0 Å². The van der Waals surface area contributed by atoms with Gasteiger partial charge in [0.15, 0.2) is 0 Å². The van der Waals surface area contributed by atoms with Crippen molar-refractivity contribution in [3.8, 4) is 0 Å². The molecule has 98 valence electrons. The molecule has 0 saturated carbocycles. The lowest BCUT2D eigenvalue weighted by molar-refractivity contribution is 0.186. The van der Waals surface area contributed by atoms with Crippen molar-refractivity contribution in [1.29, 1.82) is 0 Å². The van der Waals surface area contributed by atoms with Crippen molar-refractivity contribution in [2.75, 3.05) is 18.4 Å². The van der Waals surface area contributed by atoms with Gasteiger partial charge in [0.1, 0.15) is 5.82 Å². The van der Waals surface area contributed by atoms with Crippen LogP contribution in [0.5, 0.6) is 0 Å². The van der Waals surface area contributed by atoms with Gasteiger partial charge in [0.25, 0.3) is 0 Å². The summed E-state index contributed by atoms with van der Waals surface area (Å²) in [5, 5.41) is 2.62. The van der Waals surface area contributed by atoms with Gasteiger partial charge in [-0.15, -0.1) is 0 Å². The fourth-order valence-electron chi connectivity index (χ4n) is 2.00. The van der Waals surface area contributed by atoms with Crippen LogP contribution in [0.15, 0.2) is 22.7 Å². The van der Waals surface area contributed by atoms with Crippen molar-refractivity contribution in [3.05, 3.63) is 28.5 Å². The number of likely N-dealkylation sites (tertiary alicyclic amines) is 1. The number of carbonyl (C=O) groups is 1. The molecule has 1 aromatic rings. The van der Waals surface area contributed by atoms with E-state index in [1.165, 1.54) is 6.07 Å². The quantitative estimate of drug-likeness (QED) is 0.839. The van der Waals surface area contributed by atoms with Gasteiger partial charge in [-0.3, -0.25) is 0 Å². The Kier molecular flexibility index (Phi) is 4.22. The zero-order chi connectivity index (χ0) is 13.1. The highest BCUT2D eigenvalue weighted by Gasteiger charge is 2.20. The van der Waals surface area contributed by atoms with Crippen molar-refractivity contribution < 1.29 is 9.18 Å².